The van der Waals surface area contributed by atoms with Crippen molar-refractivity contribution in [3.8, 4) is 0 Å². The summed E-state index contributed by atoms with van der Waals surface area (Å²) in [5.74, 6) is 1.06. The lowest BCUT2D eigenvalue weighted by atomic mass is 9.94. The van der Waals surface area contributed by atoms with Gasteiger partial charge in [-0.15, -0.1) is 11.3 Å². The number of fused-ring (bicyclic) bond motifs is 1. The lowest BCUT2D eigenvalue weighted by Gasteiger charge is -2.24. The van der Waals surface area contributed by atoms with Gasteiger partial charge in [0.1, 0.15) is 0 Å². The maximum atomic E-state index is 4.48. The molecule has 2 aromatic rings. The minimum absolute atomic E-state index is 0.458. The van der Waals surface area contributed by atoms with Crippen LogP contribution in [0.4, 0.5) is 5.95 Å². The zero-order valence-corrected chi connectivity index (χ0v) is 11.1. The molecule has 0 bridgehead atoms. The number of nitrogens with zero attached hydrogens (tertiary/aromatic N) is 2. The van der Waals surface area contributed by atoms with Gasteiger partial charge in [0, 0.05) is 23.3 Å². The molecule has 0 aromatic carbocycles. The molecule has 0 saturated heterocycles. The molecule has 1 saturated carbocycles. The summed E-state index contributed by atoms with van der Waals surface area (Å²) in [5.41, 5.74) is 1.50. The number of anilines is 1. The molecule has 0 spiro atoms. The first-order chi connectivity index (χ1) is 8.92. The van der Waals surface area contributed by atoms with Crippen molar-refractivity contribution in [2.45, 2.75) is 44.2 Å². The third kappa shape index (κ3) is 1.75. The fourth-order valence-corrected chi connectivity index (χ4v) is 3.85. The molecular formula is C14H17N3S. The molecule has 2 aliphatic rings. The highest BCUT2D eigenvalue weighted by Crippen LogP contribution is 2.39. The fraction of sp³-hybridized carbons (Fsp3) is 0.500. The SMILES string of the molecule is c1cn(C2CC2)c(NC2CCCc3sccc32)n1. The van der Waals surface area contributed by atoms with Crippen molar-refractivity contribution in [3.63, 3.8) is 0 Å². The Morgan fingerprint density at radius 1 is 1.33 bits per heavy atom. The first-order valence-electron chi connectivity index (χ1n) is 6.77. The quantitative estimate of drug-likeness (QED) is 0.909. The molecule has 1 N–H and O–H groups in total. The molecular weight excluding hydrogens is 242 g/mol. The fourth-order valence-electron chi connectivity index (χ4n) is 2.86. The predicted octanol–water partition coefficient (Wildman–Crippen LogP) is 3.77. The van der Waals surface area contributed by atoms with Gasteiger partial charge in [0.05, 0.1) is 6.04 Å². The molecule has 2 aliphatic carbocycles. The molecule has 0 radical (unpaired) electrons. The van der Waals surface area contributed by atoms with Gasteiger partial charge in [-0.25, -0.2) is 4.98 Å². The van der Waals surface area contributed by atoms with Gasteiger partial charge >= 0.3 is 0 Å². The van der Waals surface area contributed by atoms with Gasteiger partial charge in [0.25, 0.3) is 0 Å². The smallest absolute Gasteiger partial charge is 0.203 e. The van der Waals surface area contributed by atoms with Gasteiger partial charge in [-0.1, -0.05) is 0 Å². The van der Waals surface area contributed by atoms with Gasteiger partial charge in [-0.3, -0.25) is 0 Å². The number of hydrogen-bond donors (Lipinski definition) is 1. The van der Waals surface area contributed by atoms with Gasteiger partial charge in [-0.05, 0) is 49.1 Å². The predicted molar refractivity (Wildman–Crippen MR) is 74.1 cm³/mol. The van der Waals surface area contributed by atoms with Crippen molar-refractivity contribution in [3.05, 3.63) is 34.3 Å². The van der Waals surface area contributed by atoms with Crippen LogP contribution < -0.4 is 5.32 Å². The summed E-state index contributed by atoms with van der Waals surface area (Å²) in [6.45, 7) is 0. The molecule has 0 amide bonds. The lowest BCUT2D eigenvalue weighted by molar-refractivity contribution is 0.597. The van der Waals surface area contributed by atoms with E-state index in [9.17, 15) is 0 Å². The van der Waals surface area contributed by atoms with E-state index < -0.39 is 0 Å². The second-order valence-corrected chi connectivity index (χ2v) is 6.28. The highest BCUT2D eigenvalue weighted by atomic mass is 32.1. The molecule has 1 unspecified atom stereocenters. The van der Waals surface area contributed by atoms with E-state index in [1.54, 1.807) is 4.88 Å². The number of thiophene rings is 1. The summed E-state index contributed by atoms with van der Waals surface area (Å²) in [6, 6.07) is 3.43. The van der Waals surface area contributed by atoms with Crippen LogP contribution in [0.25, 0.3) is 0 Å². The zero-order valence-electron chi connectivity index (χ0n) is 10.3. The summed E-state index contributed by atoms with van der Waals surface area (Å²) >= 11 is 1.90. The van der Waals surface area contributed by atoms with Crippen LogP contribution in [0.15, 0.2) is 23.8 Å². The van der Waals surface area contributed by atoms with Crippen molar-refractivity contribution < 1.29 is 0 Å². The van der Waals surface area contributed by atoms with Crippen LogP contribution in [0, 0.1) is 0 Å². The Labute approximate surface area is 111 Å². The Hall–Kier alpha value is -1.29. The third-order valence-corrected chi connectivity index (χ3v) is 4.96. The van der Waals surface area contributed by atoms with Gasteiger partial charge in [-0.2, -0.15) is 0 Å². The Balaban J connectivity index is 1.60. The minimum atomic E-state index is 0.458. The van der Waals surface area contributed by atoms with E-state index in [1.807, 2.05) is 17.5 Å². The minimum Gasteiger partial charge on any atom is -0.349 e. The van der Waals surface area contributed by atoms with Crippen molar-refractivity contribution in [1.29, 1.82) is 0 Å². The summed E-state index contributed by atoms with van der Waals surface area (Å²) in [4.78, 5) is 6.04. The van der Waals surface area contributed by atoms with Crippen LogP contribution in [0.5, 0.6) is 0 Å². The molecule has 2 aromatic heterocycles. The summed E-state index contributed by atoms with van der Waals surface area (Å²) in [5, 5.41) is 5.87. The Morgan fingerprint density at radius 3 is 3.17 bits per heavy atom. The van der Waals surface area contributed by atoms with Gasteiger partial charge in [0.15, 0.2) is 0 Å². The van der Waals surface area contributed by atoms with Crippen LogP contribution in [-0.4, -0.2) is 9.55 Å². The van der Waals surface area contributed by atoms with Gasteiger partial charge in [0.2, 0.25) is 5.95 Å². The average molecular weight is 259 g/mol. The number of hydrogen-bond acceptors (Lipinski definition) is 3. The second kappa shape index (κ2) is 4.12. The molecule has 94 valence electrons. The summed E-state index contributed by atoms with van der Waals surface area (Å²) < 4.78 is 2.31. The molecule has 0 aliphatic heterocycles. The lowest BCUT2D eigenvalue weighted by Crippen LogP contribution is -2.18. The van der Waals surface area contributed by atoms with E-state index in [2.05, 4.69) is 32.5 Å². The second-order valence-electron chi connectivity index (χ2n) is 5.28. The Kier molecular flexibility index (Phi) is 2.43. The largest absolute Gasteiger partial charge is 0.349 e. The Bertz CT molecular complexity index is 553. The molecule has 1 atom stereocenters. The normalized spacial score (nSPS) is 22.8. The maximum Gasteiger partial charge on any atom is 0.203 e. The van der Waals surface area contributed by atoms with Crippen LogP contribution in [0.2, 0.25) is 0 Å². The van der Waals surface area contributed by atoms with Crippen molar-refractivity contribution in [2.24, 2.45) is 0 Å². The van der Waals surface area contributed by atoms with Gasteiger partial charge < -0.3 is 9.88 Å². The van der Waals surface area contributed by atoms with Crippen LogP contribution in [0.1, 0.15) is 48.2 Å². The topological polar surface area (TPSA) is 29.9 Å². The summed E-state index contributed by atoms with van der Waals surface area (Å²) in [6.07, 6.45) is 10.4. The maximum absolute atomic E-state index is 4.48. The molecule has 2 heterocycles. The number of rotatable bonds is 3. The number of nitrogens with one attached hydrogen (secondary N) is 1. The van der Waals surface area contributed by atoms with E-state index in [4.69, 9.17) is 0 Å². The van der Waals surface area contributed by atoms with Crippen molar-refractivity contribution in [2.75, 3.05) is 5.32 Å². The van der Waals surface area contributed by atoms with Crippen LogP contribution >= 0.6 is 11.3 Å². The number of aryl methyl sites for hydroxylation is 1. The molecule has 18 heavy (non-hydrogen) atoms. The third-order valence-electron chi connectivity index (χ3n) is 3.96. The first-order valence-corrected chi connectivity index (χ1v) is 7.65. The van der Waals surface area contributed by atoms with E-state index >= 15 is 0 Å². The number of imidazole rings is 1. The van der Waals surface area contributed by atoms with E-state index in [0.29, 0.717) is 12.1 Å². The number of aromatic nitrogens is 2. The Morgan fingerprint density at radius 2 is 2.28 bits per heavy atom. The van der Waals surface area contributed by atoms with E-state index in [0.717, 1.165) is 5.95 Å². The molecule has 1 fully saturated rings. The van der Waals surface area contributed by atoms with E-state index in [1.165, 1.54) is 37.7 Å². The standard InChI is InChI=1S/C14H17N3S/c1-2-12(11-6-9-18-13(11)3-1)16-14-15-7-8-17(14)10-4-5-10/h6-10,12H,1-5H2,(H,15,16). The monoisotopic (exact) mass is 259 g/mol. The van der Waals surface area contributed by atoms with E-state index in [-0.39, 0.29) is 0 Å². The van der Waals surface area contributed by atoms with Crippen LogP contribution in [-0.2, 0) is 6.42 Å². The first kappa shape index (κ1) is 10.6. The zero-order chi connectivity index (χ0) is 11.9. The van der Waals surface area contributed by atoms with Crippen molar-refractivity contribution >= 4 is 17.3 Å². The average Bonchev–Trinajstić information content (AvgIpc) is 2.93. The van der Waals surface area contributed by atoms with Crippen molar-refractivity contribution in [1.82, 2.24) is 9.55 Å². The summed E-state index contributed by atoms with van der Waals surface area (Å²) in [7, 11) is 0. The highest BCUT2D eigenvalue weighted by Gasteiger charge is 2.27. The highest BCUT2D eigenvalue weighted by molar-refractivity contribution is 7.10. The van der Waals surface area contributed by atoms with Crippen LogP contribution in [0.3, 0.4) is 0 Å². The molecule has 3 nitrogen and oxygen atoms in total. The molecule has 4 rings (SSSR count). The molecule has 4 heteroatoms.